The van der Waals surface area contributed by atoms with Crippen LogP contribution in [0.1, 0.15) is 54.9 Å². The van der Waals surface area contributed by atoms with Crippen LogP contribution in [0.2, 0.25) is 0 Å². The van der Waals surface area contributed by atoms with Crippen molar-refractivity contribution in [2.45, 2.75) is 39.0 Å². The van der Waals surface area contributed by atoms with Crippen molar-refractivity contribution in [1.29, 1.82) is 5.41 Å². The molecular weight excluding hydrogens is 550 g/mol. The summed E-state index contributed by atoms with van der Waals surface area (Å²) in [6, 6.07) is 8.96. The van der Waals surface area contributed by atoms with Gasteiger partial charge >= 0.3 is 10.1 Å². The molecule has 0 radical (unpaired) electrons. The summed E-state index contributed by atoms with van der Waals surface area (Å²) < 4.78 is 75.8. The van der Waals surface area contributed by atoms with Gasteiger partial charge in [0.2, 0.25) is 5.75 Å². The standard InChI is InChI=1S/C26H35NO10S2/c1-6-12-38(29,30)36-17-20(19-10-8-9-11-23(19)37-39(31,32)13-7-2)21(27)16-22(28)18-14-24(33-3)26(35-5)25(15-18)34-4/h8-11,14-15,20,27H,6-7,12-13,16-17H2,1-5H3. The van der Waals surface area contributed by atoms with Crippen molar-refractivity contribution in [3.63, 3.8) is 0 Å². The molecule has 0 aliphatic rings. The Balaban J connectivity index is 2.48. The molecule has 216 valence electrons. The molecule has 0 fully saturated rings. The van der Waals surface area contributed by atoms with Crippen LogP contribution in [0.3, 0.4) is 0 Å². The number of hydrogen-bond acceptors (Lipinski definition) is 11. The minimum Gasteiger partial charge on any atom is -0.493 e. The van der Waals surface area contributed by atoms with Gasteiger partial charge < -0.3 is 23.8 Å². The lowest BCUT2D eigenvalue weighted by Gasteiger charge is -2.21. The lowest BCUT2D eigenvalue weighted by molar-refractivity contribution is 0.0998. The second kappa shape index (κ2) is 14.3. The van der Waals surface area contributed by atoms with Gasteiger partial charge in [-0.2, -0.15) is 16.8 Å². The Hall–Kier alpha value is -3.16. The minimum atomic E-state index is -3.94. The third-order valence-electron chi connectivity index (χ3n) is 5.59. The molecule has 0 aliphatic carbocycles. The molecule has 0 aromatic heterocycles. The largest absolute Gasteiger partial charge is 0.493 e. The molecule has 0 spiro atoms. The minimum absolute atomic E-state index is 0.0718. The Bertz CT molecular complexity index is 1350. The predicted molar refractivity (Wildman–Crippen MR) is 147 cm³/mol. The average molecular weight is 586 g/mol. The van der Waals surface area contributed by atoms with Crippen LogP contribution in [0, 0.1) is 5.41 Å². The molecule has 0 amide bonds. The van der Waals surface area contributed by atoms with Gasteiger partial charge in [-0.05, 0) is 31.0 Å². The number of para-hydroxylation sites is 1. The van der Waals surface area contributed by atoms with Crippen LogP contribution >= 0.6 is 0 Å². The molecule has 1 N–H and O–H groups in total. The van der Waals surface area contributed by atoms with E-state index in [1.54, 1.807) is 26.0 Å². The molecule has 0 bridgehead atoms. The maximum atomic E-state index is 13.3. The van der Waals surface area contributed by atoms with Crippen LogP contribution in [-0.4, -0.2) is 67.8 Å². The summed E-state index contributed by atoms with van der Waals surface area (Å²) in [5, 5.41) is 8.77. The van der Waals surface area contributed by atoms with E-state index in [9.17, 15) is 21.6 Å². The SMILES string of the molecule is CCCS(=O)(=O)OCC(C(=N)CC(=O)c1cc(OC)c(OC)c(OC)c1)c1ccccc1OS(=O)(=O)CCC. The lowest BCUT2D eigenvalue weighted by atomic mass is 9.90. The average Bonchev–Trinajstić information content (AvgIpc) is 2.88. The van der Waals surface area contributed by atoms with Crippen molar-refractivity contribution < 1.29 is 44.2 Å². The van der Waals surface area contributed by atoms with Crippen LogP contribution < -0.4 is 18.4 Å². The molecule has 2 aromatic carbocycles. The third kappa shape index (κ3) is 8.94. The maximum Gasteiger partial charge on any atom is 0.309 e. The Morgan fingerprint density at radius 2 is 1.41 bits per heavy atom. The number of methoxy groups -OCH3 is 3. The maximum absolute atomic E-state index is 13.3. The summed E-state index contributed by atoms with van der Waals surface area (Å²) in [7, 11) is -3.63. The normalized spacial score (nSPS) is 12.4. The number of carbonyl (C=O) groups is 1. The van der Waals surface area contributed by atoms with Crippen molar-refractivity contribution in [2.24, 2.45) is 0 Å². The Morgan fingerprint density at radius 3 is 1.95 bits per heavy atom. The van der Waals surface area contributed by atoms with Crippen LogP contribution in [-0.2, 0) is 24.4 Å². The summed E-state index contributed by atoms with van der Waals surface area (Å²) in [5.41, 5.74) is 0.165. The molecule has 2 aromatic rings. The Labute approximate surface area is 230 Å². The van der Waals surface area contributed by atoms with Crippen molar-refractivity contribution >= 4 is 31.7 Å². The van der Waals surface area contributed by atoms with Gasteiger partial charge in [-0.3, -0.25) is 8.98 Å². The number of ketones is 1. The molecule has 13 heteroatoms. The molecule has 0 saturated carbocycles. The van der Waals surface area contributed by atoms with Gasteiger partial charge in [0.25, 0.3) is 10.1 Å². The summed E-state index contributed by atoms with van der Waals surface area (Å²) >= 11 is 0. The second-order valence-corrected chi connectivity index (χ2v) is 12.0. The monoisotopic (exact) mass is 585 g/mol. The molecule has 11 nitrogen and oxygen atoms in total. The zero-order chi connectivity index (χ0) is 29.2. The van der Waals surface area contributed by atoms with Gasteiger partial charge in [-0.15, -0.1) is 0 Å². The number of benzene rings is 2. The van der Waals surface area contributed by atoms with Crippen molar-refractivity contribution in [1.82, 2.24) is 0 Å². The second-order valence-electron chi connectivity index (χ2n) is 8.52. The number of rotatable bonds is 17. The van der Waals surface area contributed by atoms with E-state index in [1.807, 2.05) is 0 Å². The molecule has 1 unspecified atom stereocenters. The van der Waals surface area contributed by atoms with Crippen molar-refractivity contribution in [2.75, 3.05) is 39.4 Å². The molecular formula is C26H35NO10S2. The van der Waals surface area contributed by atoms with E-state index in [4.69, 9.17) is 28.0 Å². The molecule has 2 rings (SSSR count). The van der Waals surface area contributed by atoms with E-state index in [1.165, 1.54) is 45.6 Å². The first-order chi connectivity index (χ1) is 18.4. The lowest BCUT2D eigenvalue weighted by Crippen LogP contribution is -2.24. The van der Waals surface area contributed by atoms with Crippen molar-refractivity contribution in [3.05, 3.63) is 47.5 Å². The van der Waals surface area contributed by atoms with E-state index in [0.29, 0.717) is 18.6 Å². The highest BCUT2D eigenvalue weighted by Crippen LogP contribution is 2.39. The van der Waals surface area contributed by atoms with Crippen LogP contribution in [0.25, 0.3) is 0 Å². The third-order valence-corrected chi connectivity index (χ3v) is 8.34. The summed E-state index contributed by atoms with van der Waals surface area (Å²) in [4.78, 5) is 13.3. The van der Waals surface area contributed by atoms with Gasteiger partial charge in [-0.25, -0.2) is 0 Å². The van der Waals surface area contributed by atoms with E-state index in [2.05, 4.69) is 0 Å². The quantitative estimate of drug-likeness (QED) is 0.164. The number of carbonyl (C=O) groups excluding carboxylic acids is 1. The fourth-order valence-electron chi connectivity index (χ4n) is 3.77. The molecule has 1 atom stereocenters. The van der Waals surface area contributed by atoms with Gasteiger partial charge in [0.15, 0.2) is 17.3 Å². The summed E-state index contributed by atoms with van der Waals surface area (Å²) in [6.45, 7) is 2.85. The fraction of sp³-hybridized carbons (Fsp3) is 0.462. The highest BCUT2D eigenvalue weighted by atomic mass is 32.2. The molecule has 39 heavy (non-hydrogen) atoms. The van der Waals surface area contributed by atoms with Crippen LogP contribution in [0.5, 0.6) is 23.0 Å². The fourth-order valence-corrected chi connectivity index (χ4v) is 5.74. The molecule has 0 heterocycles. The van der Waals surface area contributed by atoms with Gasteiger partial charge in [0.05, 0.1) is 45.4 Å². The van der Waals surface area contributed by atoms with Crippen molar-refractivity contribution in [3.8, 4) is 23.0 Å². The Kier molecular flexibility index (Phi) is 11.7. The first-order valence-corrected chi connectivity index (χ1v) is 15.4. The van der Waals surface area contributed by atoms with Gasteiger partial charge in [0.1, 0.15) is 5.75 Å². The Morgan fingerprint density at radius 1 is 0.846 bits per heavy atom. The van der Waals surface area contributed by atoms with E-state index >= 15 is 0 Å². The zero-order valence-corrected chi connectivity index (χ0v) is 24.3. The van der Waals surface area contributed by atoms with E-state index in [0.717, 1.165) is 0 Å². The van der Waals surface area contributed by atoms with Crippen LogP contribution in [0.15, 0.2) is 36.4 Å². The number of Topliss-reactive ketones (excluding diaryl/α,β-unsaturated/α-hetero) is 1. The van der Waals surface area contributed by atoms with Gasteiger partial charge in [0, 0.05) is 23.3 Å². The van der Waals surface area contributed by atoms with Gasteiger partial charge in [-0.1, -0.05) is 32.0 Å². The topological polar surface area (TPSA) is 155 Å². The predicted octanol–water partition coefficient (Wildman–Crippen LogP) is 3.96. The molecule has 0 aliphatic heterocycles. The summed E-state index contributed by atoms with van der Waals surface area (Å²) in [5.74, 6) is -1.34. The van der Waals surface area contributed by atoms with Crippen LogP contribution in [0.4, 0.5) is 0 Å². The first-order valence-electron chi connectivity index (χ1n) is 12.2. The van der Waals surface area contributed by atoms with E-state index in [-0.39, 0.29) is 45.6 Å². The zero-order valence-electron chi connectivity index (χ0n) is 22.7. The number of ether oxygens (including phenoxy) is 3. The summed E-state index contributed by atoms with van der Waals surface area (Å²) in [6.07, 6.45) is 0.209. The highest BCUT2D eigenvalue weighted by molar-refractivity contribution is 7.87. The number of nitrogens with one attached hydrogen (secondary N) is 1. The smallest absolute Gasteiger partial charge is 0.309 e. The highest BCUT2D eigenvalue weighted by Gasteiger charge is 2.28. The molecule has 0 saturated heterocycles. The number of hydrogen-bond donors (Lipinski definition) is 1. The van der Waals surface area contributed by atoms with E-state index < -0.39 is 45.0 Å². The first kappa shape index (κ1) is 32.1.